The van der Waals surface area contributed by atoms with E-state index in [1.165, 1.54) is 7.11 Å². The molecule has 7 heteroatoms. The molecule has 0 aliphatic carbocycles. The van der Waals surface area contributed by atoms with E-state index in [0.717, 1.165) is 20.1 Å². The summed E-state index contributed by atoms with van der Waals surface area (Å²) in [4.78, 5) is 24.6. The van der Waals surface area contributed by atoms with Gasteiger partial charge < -0.3 is 14.2 Å². The van der Waals surface area contributed by atoms with Gasteiger partial charge in [0.15, 0.2) is 6.61 Å². The van der Waals surface area contributed by atoms with Crippen LogP contribution in [0.3, 0.4) is 0 Å². The monoisotopic (exact) mass is 546 g/mol. The highest BCUT2D eigenvalue weighted by Gasteiger charge is 2.15. The summed E-state index contributed by atoms with van der Waals surface area (Å²) < 4.78 is 17.9. The number of esters is 1. The van der Waals surface area contributed by atoms with Crippen molar-refractivity contribution in [2.75, 3.05) is 13.7 Å². The van der Waals surface area contributed by atoms with Crippen molar-refractivity contribution in [1.29, 1.82) is 0 Å². The minimum atomic E-state index is -0.570. The van der Waals surface area contributed by atoms with Crippen molar-refractivity contribution in [3.63, 3.8) is 0 Å². The molecule has 0 aromatic heterocycles. The lowest BCUT2D eigenvalue weighted by molar-refractivity contribution is 0.0474. The summed E-state index contributed by atoms with van der Waals surface area (Å²) in [5.74, 6) is 0.258. The third-order valence-corrected chi connectivity index (χ3v) is 5.64. The Bertz CT molecular complexity index is 1070. The molecule has 0 spiro atoms. The molecular weight excluding hydrogens is 528 g/mol. The van der Waals surface area contributed by atoms with Gasteiger partial charge in [-0.1, -0.05) is 24.3 Å². The molecule has 3 rings (SSSR count). The summed E-state index contributed by atoms with van der Waals surface area (Å²) in [5.41, 5.74) is 2.73. The summed E-state index contributed by atoms with van der Waals surface area (Å²) in [6, 6.07) is 17.6. The normalized spacial score (nSPS) is 10.5. The lowest BCUT2D eigenvalue weighted by atomic mass is 10.1. The van der Waals surface area contributed by atoms with Crippen molar-refractivity contribution < 1.29 is 23.8 Å². The van der Waals surface area contributed by atoms with Crippen LogP contribution in [0.1, 0.15) is 31.8 Å². The van der Waals surface area contributed by atoms with Gasteiger partial charge in [0.05, 0.1) is 27.2 Å². The molecule has 31 heavy (non-hydrogen) atoms. The zero-order valence-electron chi connectivity index (χ0n) is 17.0. The average molecular weight is 548 g/mol. The number of ketones is 1. The molecule has 0 aliphatic rings. The molecule has 0 bridgehead atoms. The number of aryl methyl sites for hydroxylation is 1. The number of methoxy groups -OCH3 is 1. The molecule has 0 radical (unpaired) electrons. The van der Waals surface area contributed by atoms with E-state index < -0.39 is 5.97 Å². The Kier molecular flexibility index (Phi) is 7.87. The standard InChI is InChI=1S/C24H20Br2O5/c1-15-11-19(25)23(20(26)12-15)30-13-16-7-9-17(10-8-16)24(28)31-14-21(27)18-5-3-4-6-22(18)29-2/h3-12H,13-14H2,1-2H3. The van der Waals surface area contributed by atoms with Crippen LogP contribution in [-0.4, -0.2) is 25.5 Å². The first kappa shape index (κ1) is 23.0. The molecule has 0 heterocycles. The predicted octanol–water partition coefficient (Wildman–Crippen LogP) is 6.15. The second-order valence-electron chi connectivity index (χ2n) is 6.74. The van der Waals surface area contributed by atoms with Gasteiger partial charge in [0, 0.05) is 0 Å². The molecule has 5 nitrogen and oxygen atoms in total. The van der Waals surface area contributed by atoms with Crippen molar-refractivity contribution in [1.82, 2.24) is 0 Å². The van der Waals surface area contributed by atoms with Crippen LogP contribution in [0.25, 0.3) is 0 Å². The Balaban J connectivity index is 1.57. The Labute approximate surface area is 197 Å². The number of benzene rings is 3. The highest BCUT2D eigenvalue weighted by atomic mass is 79.9. The van der Waals surface area contributed by atoms with Crippen LogP contribution in [0.15, 0.2) is 69.6 Å². The number of Topliss-reactive ketones (excluding diaryl/α,β-unsaturated/α-hetero) is 1. The van der Waals surface area contributed by atoms with Crippen LogP contribution in [0.5, 0.6) is 11.5 Å². The van der Waals surface area contributed by atoms with E-state index in [2.05, 4.69) is 31.9 Å². The maximum Gasteiger partial charge on any atom is 0.338 e. The Morgan fingerprint density at radius 2 is 1.58 bits per heavy atom. The molecule has 0 N–H and O–H groups in total. The first-order valence-electron chi connectivity index (χ1n) is 9.39. The highest BCUT2D eigenvalue weighted by molar-refractivity contribution is 9.11. The van der Waals surface area contributed by atoms with E-state index in [0.29, 0.717) is 29.2 Å². The van der Waals surface area contributed by atoms with E-state index in [1.807, 2.05) is 19.1 Å². The number of carbonyl (C=O) groups is 2. The lowest BCUT2D eigenvalue weighted by Gasteiger charge is -2.12. The SMILES string of the molecule is COc1ccccc1C(=O)COC(=O)c1ccc(COc2c(Br)cc(C)cc2Br)cc1. The minimum Gasteiger partial charge on any atom is -0.496 e. The molecule has 160 valence electrons. The van der Waals surface area contributed by atoms with Crippen LogP contribution >= 0.6 is 31.9 Å². The van der Waals surface area contributed by atoms with Crippen molar-refractivity contribution >= 4 is 43.6 Å². The van der Waals surface area contributed by atoms with Gasteiger partial charge in [-0.2, -0.15) is 0 Å². The third kappa shape index (κ3) is 5.95. The molecule has 0 saturated heterocycles. The first-order valence-corrected chi connectivity index (χ1v) is 11.0. The maximum atomic E-state index is 12.3. The van der Waals surface area contributed by atoms with Crippen LogP contribution in [0, 0.1) is 6.92 Å². The molecular formula is C24H20Br2O5. The lowest BCUT2D eigenvalue weighted by Crippen LogP contribution is -2.15. The quantitative estimate of drug-likeness (QED) is 0.250. The van der Waals surface area contributed by atoms with Gasteiger partial charge in [0.2, 0.25) is 5.78 Å². The number of carbonyl (C=O) groups excluding carboxylic acids is 2. The van der Waals surface area contributed by atoms with Gasteiger partial charge in [-0.15, -0.1) is 0 Å². The number of rotatable bonds is 8. The van der Waals surface area contributed by atoms with Crippen LogP contribution in [0.2, 0.25) is 0 Å². The molecule has 0 amide bonds. The van der Waals surface area contributed by atoms with Gasteiger partial charge >= 0.3 is 5.97 Å². The largest absolute Gasteiger partial charge is 0.496 e. The number of hydrogen-bond acceptors (Lipinski definition) is 5. The molecule has 3 aromatic carbocycles. The van der Waals surface area contributed by atoms with Gasteiger partial charge in [0.25, 0.3) is 0 Å². The topological polar surface area (TPSA) is 61.8 Å². The zero-order valence-corrected chi connectivity index (χ0v) is 20.2. The first-order chi connectivity index (χ1) is 14.9. The van der Waals surface area contributed by atoms with Crippen LogP contribution in [-0.2, 0) is 11.3 Å². The Morgan fingerprint density at radius 1 is 0.935 bits per heavy atom. The Hall–Kier alpha value is -2.64. The molecule has 0 fully saturated rings. The molecule has 0 unspecified atom stereocenters. The van der Waals surface area contributed by atoms with Gasteiger partial charge in [-0.25, -0.2) is 4.79 Å². The van der Waals surface area contributed by atoms with E-state index in [1.54, 1.807) is 48.5 Å². The number of para-hydroxylation sites is 1. The van der Waals surface area contributed by atoms with E-state index in [4.69, 9.17) is 14.2 Å². The van der Waals surface area contributed by atoms with E-state index >= 15 is 0 Å². The van der Waals surface area contributed by atoms with Gasteiger partial charge in [-0.3, -0.25) is 4.79 Å². The fourth-order valence-corrected chi connectivity index (χ4v) is 4.53. The minimum absolute atomic E-state index is 0.329. The summed E-state index contributed by atoms with van der Waals surface area (Å²) in [7, 11) is 1.49. The van der Waals surface area contributed by atoms with E-state index in [-0.39, 0.29) is 12.4 Å². The van der Waals surface area contributed by atoms with Crippen LogP contribution < -0.4 is 9.47 Å². The van der Waals surface area contributed by atoms with Gasteiger partial charge in [-0.05, 0) is 86.3 Å². The molecule has 0 atom stereocenters. The van der Waals surface area contributed by atoms with E-state index in [9.17, 15) is 9.59 Å². The third-order valence-electron chi connectivity index (χ3n) is 4.46. The second-order valence-corrected chi connectivity index (χ2v) is 8.45. The average Bonchev–Trinajstić information content (AvgIpc) is 2.76. The zero-order chi connectivity index (χ0) is 22.4. The Morgan fingerprint density at radius 3 is 2.23 bits per heavy atom. The predicted molar refractivity (Wildman–Crippen MR) is 125 cm³/mol. The summed E-state index contributed by atoms with van der Waals surface area (Å²) in [6.45, 7) is 1.97. The number of hydrogen-bond donors (Lipinski definition) is 0. The van der Waals surface area contributed by atoms with Crippen molar-refractivity contribution in [3.8, 4) is 11.5 Å². The fraction of sp³-hybridized carbons (Fsp3) is 0.167. The summed E-state index contributed by atoms with van der Waals surface area (Å²) in [6.07, 6.45) is 0. The summed E-state index contributed by atoms with van der Waals surface area (Å²) in [5, 5.41) is 0. The number of ether oxygens (including phenoxy) is 3. The van der Waals surface area contributed by atoms with Crippen molar-refractivity contribution in [2.24, 2.45) is 0 Å². The smallest absolute Gasteiger partial charge is 0.338 e. The fourth-order valence-electron chi connectivity index (χ4n) is 2.88. The highest BCUT2D eigenvalue weighted by Crippen LogP contribution is 2.35. The van der Waals surface area contributed by atoms with Gasteiger partial charge in [0.1, 0.15) is 18.1 Å². The van der Waals surface area contributed by atoms with Crippen molar-refractivity contribution in [2.45, 2.75) is 13.5 Å². The molecule has 0 aliphatic heterocycles. The summed E-state index contributed by atoms with van der Waals surface area (Å²) >= 11 is 7.01. The molecule has 3 aromatic rings. The molecule has 0 saturated carbocycles. The maximum absolute atomic E-state index is 12.3. The van der Waals surface area contributed by atoms with Crippen LogP contribution in [0.4, 0.5) is 0 Å². The second kappa shape index (κ2) is 10.6. The number of halogens is 2. The van der Waals surface area contributed by atoms with Crippen molar-refractivity contribution in [3.05, 3.63) is 91.9 Å².